The lowest BCUT2D eigenvalue weighted by Crippen LogP contribution is -2.45. The molecule has 8 heteroatoms. The second kappa shape index (κ2) is 12.6. The number of nitrogens with one attached hydrogen (secondary N) is 1. The Morgan fingerprint density at radius 3 is 2.26 bits per heavy atom. The third-order valence-corrected chi connectivity index (χ3v) is 7.52. The zero-order valence-corrected chi connectivity index (χ0v) is 24.2. The van der Waals surface area contributed by atoms with Gasteiger partial charge in [0.15, 0.2) is 0 Å². The number of nitrogens with zero attached hydrogens (tertiary/aromatic N) is 3. The highest BCUT2D eigenvalue weighted by molar-refractivity contribution is 8.93. The zero-order chi connectivity index (χ0) is 22.8. The zero-order valence-electron chi connectivity index (χ0n) is 20.8. The van der Waals surface area contributed by atoms with E-state index in [1.165, 1.54) is 22.4 Å². The highest BCUT2D eigenvalue weighted by Crippen LogP contribution is 2.33. The van der Waals surface area contributed by atoms with Gasteiger partial charge in [-0.15, -0.1) is 34.0 Å². The molecule has 2 aliphatic heterocycles. The minimum atomic E-state index is 0. The number of morpholine rings is 1. The van der Waals surface area contributed by atoms with Crippen molar-refractivity contribution in [1.29, 1.82) is 0 Å². The van der Waals surface area contributed by atoms with Crippen molar-refractivity contribution in [2.75, 3.05) is 69.3 Å². The molecule has 0 aromatic heterocycles. The van der Waals surface area contributed by atoms with E-state index < -0.39 is 0 Å². The number of benzene rings is 2. The summed E-state index contributed by atoms with van der Waals surface area (Å²) in [4.78, 5) is 20.3. The van der Waals surface area contributed by atoms with E-state index >= 15 is 0 Å². The summed E-state index contributed by atoms with van der Waals surface area (Å²) >= 11 is 0. The van der Waals surface area contributed by atoms with Crippen LogP contribution in [0.2, 0.25) is 0 Å². The van der Waals surface area contributed by atoms with E-state index in [1.54, 1.807) is 0 Å². The number of amides is 1. The molecule has 2 aromatic rings. The van der Waals surface area contributed by atoms with Gasteiger partial charge in [-0.2, -0.15) is 0 Å². The summed E-state index contributed by atoms with van der Waals surface area (Å²) in [7, 11) is 2.20. The maximum Gasteiger partial charge on any atom is 0.251 e. The van der Waals surface area contributed by atoms with E-state index in [9.17, 15) is 4.79 Å². The number of halogens is 2. The summed E-state index contributed by atoms with van der Waals surface area (Å²) in [5, 5.41) is 3.33. The number of aryl methyl sites for hydroxylation is 1. The highest BCUT2D eigenvalue weighted by atomic mass is 79.9. The minimum absolute atomic E-state index is 0. The van der Waals surface area contributed by atoms with Crippen LogP contribution in [0.5, 0.6) is 0 Å². The van der Waals surface area contributed by atoms with Gasteiger partial charge in [0, 0.05) is 62.2 Å². The van der Waals surface area contributed by atoms with Crippen molar-refractivity contribution in [3.8, 4) is 0 Å². The fourth-order valence-corrected chi connectivity index (χ4v) is 5.42. The number of piperazine rings is 1. The van der Waals surface area contributed by atoms with Gasteiger partial charge in [-0.25, -0.2) is 0 Å². The summed E-state index contributed by atoms with van der Waals surface area (Å²) < 4.78 is 5.44. The smallest absolute Gasteiger partial charge is 0.251 e. The molecule has 0 radical (unpaired) electrons. The van der Waals surface area contributed by atoms with Gasteiger partial charge in [0.05, 0.1) is 13.2 Å². The van der Waals surface area contributed by atoms with Crippen LogP contribution in [0.3, 0.4) is 0 Å². The first-order valence-electron chi connectivity index (χ1n) is 12.4. The van der Waals surface area contributed by atoms with E-state index in [1.807, 2.05) is 12.1 Å². The summed E-state index contributed by atoms with van der Waals surface area (Å²) in [6.07, 6.45) is 2.94. The molecule has 1 amide bonds. The van der Waals surface area contributed by atoms with Crippen LogP contribution in [-0.4, -0.2) is 76.4 Å². The van der Waals surface area contributed by atoms with Crippen LogP contribution >= 0.6 is 34.0 Å². The molecule has 0 saturated carbocycles. The van der Waals surface area contributed by atoms with E-state index in [-0.39, 0.29) is 45.9 Å². The van der Waals surface area contributed by atoms with Crippen LogP contribution in [0, 0.1) is 6.92 Å². The largest absolute Gasteiger partial charge is 0.378 e. The van der Waals surface area contributed by atoms with Crippen molar-refractivity contribution < 1.29 is 9.53 Å². The average Bonchev–Trinajstić information content (AvgIpc) is 2.86. The van der Waals surface area contributed by atoms with Gasteiger partial charge < -0.3 is 24.8 Å². The molecule has 2 aromatic carbocycles. The summed E-state index contributed by atoms with van der Waals surface area (Å²) in [5.41, 5.74) is 7.59. The number of carbonyl (C=O) groups excluding carboxylic acids is 1. The van der Waals surface area contributed by atoms with Gasteiger partial charge in [0.1, 0.15) is 0 Å². The average molecular weight is 610 g/mol. The van der Waals surface area contributed by atoms with Crippen molar-refractivity contribution in [3.05, 3.63) is 58.7 Å². The Balaban J connectivity index is 0.00000171. The van der Waals surface area contributed by atoms with E-state index in [0.717, 1.165) is 83.0 Å². The number of hydrogen-bond donors (Lipinski definition) is 1. The first-order chi connectivity index (χ1) is 16.1. The molecule has 3 aliphatic rings. The molecule has 1 unspecified atom stereocenters. The molecular formula is C27H38Br2N4O2. The Morgan fingerprint density at radius 2 is 1.57 bits per heavy atom. The summed E-state index contributed by atoms with van der Waals surface area (Å²) in [5.74, 6) is 0.0331. The molecular weight excluding hydrogens is 572 g/mol. The van der Waals surface area contributed by atoms with Gasteiger partial charge >= 0.3 is 0 Å². The van der Waals surface area contributed by atoms with Crippen LogP contribution in [0.25, 0.3) is 0 Å². The molecule has 0 spiro atoms. The Bertz CT molecular complexity index is 987. The number of likely N-dealkylation sites (N-methyl/N-ethyl adjacent to an activating group) is 1. The predicted molar refractivity (Wildman–Crippen MR) is 154 cm³/mol. The van der Waals surface area contributed by atoms with Crippen molar-refractivity contribution in [3.63, 3.8) is 0 Å². The molecule has 1 atom stereocenters. The lowest BCUT2D eigenvalue weighted by atomic mass is 9.84. The fourth-order valence-electron chi connectivity index (χ4n) is 5.42. The van der Waals surface area contributed by atoms with Crippen molar-refractivity contribution in [2.24, 2.45) is 0 Å². The number of carbonyl (C=O) groups is 1. The Labute approximate surface area is 230 Å². The van der Waals surface area contributed by atoms with Crippen LogP contribution in [0.4, 0.5) is 11.4 Å². The Hall–Kier alpha value is -1.61. The number of rotatable bonds is 4. The number of anilines is 2. The number of ether oxygens (including phenoxy) is 1. The highest BCUT2D eigenvalue weighted by Gasteiger charge is 2.27. The molecule has 192 valence electrons. The second-order valence-corrected chi connectivity index (χ2v) is 9.71. The molecule has 0 bridgehead atoms. The third kappa shape index (κ3) is 6.40. The van der Waals surface area contributed by atoms with E-state index in [0.29, 0.717) is 0 Å². The van der Waals surface area contributed by atoms with Gasteiger partial charge in [-0.1, -0.05) is 6.07 Å². The standard InChI is InChI=1S/C27H36N4O2.2BrH/c1-20-3-10-26(31-13-11-29(2)12-14-31)25-19-22(6-9-24(20)25)28-27(32)21-4-7-23(8-5-21)30-15-17-33-18-16-30;;/h3-5,7-8,10,22H,6,9,11-19H2,1-2H3,(H,28,32);2*1H. The lowest BCUT2D eigenvalue weighted by Gasteiger charge is -2.37. The van der Waals surface area contributed by atoms with Crippen molar-refractivity contribution in [2.45, 2.75) is 32.2 Å². The summed E-state index contributed by atoms with van der Waals surface area (Å²) in [6.45, 7) is 9.90. The maximum atomic E-state index is 13.0. The van der Waals surface area contributed by atoms with Gasteiger partial charge in [0.2, 0.25) is 0 Å². The molecule has 1 N–H and O–H groups in total. The SMILES string of the molecule is Br.Br.Cc1ccc(N2CCN(C)CC2)c2c1CCC(NC(=O)c1ccc(N3CCOCC3)cc1)C2. The maximum absolute atomic E-state index is 13.0. The molecule has 2 heterocycles. The molecule has 2 fully saturated rings. The van der Waals surface area contributed by atoms with Crippen molar-refractivity contribution in [1.82, 2.24) is 10.2 Å². The van der Waals surface area contributed by atoms with E-state index in [2.05, 4.69) is 58.3 Å². The molecule has 6 nitrogen and oxygen atoms in total. The molecule has 1 aliphatic carbocycles. The first kappa shape index (κ1) is 28.0. The fraction of sp³-hybridized carbons (Fsp3) is 0.519. The third-order valence-electron chi connectivity index (χ3n) is 7.52. The monoisotopic (exact) mass is 608 g/mol. The Morgan fingerprint density at radius 1 is 0.886 bits per heavy atom. The van der Waals surface area contributed by atoms with Crippen LogP contribution < -0.4 is 15.1 Å². The lowest BCUT2D eigenvalue weighted by molar-refractivity contribution is 0.0933. The normalized spacial score (nSPS) is 20.3. The van der Waals surface area contributed by atoms with E-state index in [4.69, 9.17) is 4.74 Å². The van der Waals surface area contributed by atoms with Crippen LogP contribution in [0.1, 0.15) is 33.5 Å². The minimum Gasteiger partial charge on any atom is -0.378 e. The first-order valence-corrected chi connectivity index (χ1v) is 12.4. The topological polar surface area (TPSA) is 48.0 Å². The van der Waals surface area contributed by atoms with Crippen LogP contribution in [-0.2, 0) is 17.6 Å². The van der Waals surface area contributed by atoms with Crippen molar-refractivity contribution >= 4 is 51.2 Å². The second-order valence-electron chi connectivity index (χ2n) is 9.71. The number of hydrogen-bond acceptors (Lipinski definition) is 5. The van der Waals surface area contributed by atoms with Gasteiger partial charge in [-0.3, -0.25) is 4.79 Å². The van der Waals surface area contributed by atoms with Crippen LogP contribution in [0.15, 0.2) is 36.4 Å². The molecule has 35 heavy (non-hydrogen) atoms. The van der Waals surface area contributed by atoms with Gasteiger partial charge in [0.25, 0.3) is 5.91 Å². The summed E-state index contributed by atoms with van der Waals surface area (Å²) in [6, 6.07) is 12.8. The number of fused-ring (bicyclic) bond motifs is 1. The van der Waals surface area contributed by atoms with Gasteiger partial charge in [-0.05, 0) is 80.3 Å². The molecule has 5 rings (SSSR count). The predicted octanol–water partition coefficient (Wildman–Crippen LogP) is 4.03. The Kier molecular flexibility index (Phi) is 10.0. The molecule has 2 saturated heterocycles. The quantitative estimate of drug-likeness (QED) is 0.567.